The Morgan fingerprint density at radius 3 is 2.06 bits per heavy atom. The molecule has 0 N–H and O–H groups in total. The van der Waals surface area contributed by atoms with Crippen LogP contribution in [0.5, 0.6) is 0 Å². The van der Waals surface area contributed by atoms with Crippen molar-refractivity contribution in [3.63, 3.8) is 0 Å². The van der Waals surface area contributed by atoms with E-state index in [4.69, 9.17) is 0 Å². The summed E-state index contributed by atoms with van der Waals surface area (Å²) in [4.78, 5) is 2.38. The minimum Gasteiger partial charge on any atom is -0.290 e. The zero-order chi connectivity index (χ0) is 22.0. The molecule has 31 heavy (non-hydrogen) atoms. The second kappa shape index (κ2) is 8.91. The Kier molecular flexibility index (Phi) is 6.23. The highest BCUT2D eigenvalue weighted by molar-refractivity contribution is 7.89. The maximum Gasteiger partial charge on any atom is 0.243 e. The van der Waals surface area contributed by atoms with Crippen LogP contribution in [0.15, 0.2) is 77.7 Å². The summed E-state index contributed by atoms with van der Waals surface area (Å²) in [7, 11) is -3.73. The largest absolute Gasteiger partial charge is 0.290 e. The molecule has 0 radical (unpaired) electrons. The van der Waals surface area contributed by atoms with E-state index in [1.165, 1.54) is 33.1 Å². The van der Waals surface area contributed by atoms with E-state index in [1.54, 1.807) is 6.92 Å². The molecule has 1 atom stereocenters. The van der Waals surface area contributed by atoms with E-state index >= 15 is 0 Å². The fourth-order valence-corrected chi connectivity index (χ4v) is 5.85. The van der Waals surface area contributed by atoms with Crippen molar-refractivity contribution in [2.45, 2.75) is 24.8 Å². The molecule has 0 unspecified atom stereocenters. The van der Waals surface area contributed by atoms with Crippen LogP contribution in [0.4, 0.5) is 4.39 Å². The van der Waals surface area contributed by atoms with Gasteiger partial charge in [0.1, 0.15) is 5.82 Å². The molecule has 0 aromatic heterocycles. The van der Waals surface area contributed by atoms with Crippen molar-refractivity contribution in [2.24, 2.45) is 0 Å². The Balaban J connectivity index is 1.58. The summed E-state index contributed by atoms with van der Waals surface area (Å²) in [5, 5.41) is 0. The lowest BCUT2D eigenvalue weighted by Crippen LogP contribution is -2.49. The number of halogens is 1. The molecule has 3 aromatic carbocycles. The first-order valence-corrected chi connectivity index (χ1v) is 11.9. The fraction of sp³-hybridized carbons (Fsp3) is 0.280. The van der Waals surface area contributed by atoms with Gasteiger partial charge in [0.25, 0.3) is 0 Å². The molecule has 6 heteroatoms. The van der Waals surface area contributed by atoms with Crippen molar-refractivity contribution in [2.75, 3.05) is 26.2 Å². The van der Waals surface area contributed by atoms with Crippen molar-refractivity contribution in [3.05, 3.63) is 101 Å². The maximum absolute atomic E-state index is 13.7. The summed E-state index contributed by atoms with van der Waals surface area (Å²) in [5.41, 5.74) is 4.14. The molecular formula is C25H27FN2O2S. The predicted molar refractivity (Wildman–Crippen MR) is 121 cm³/mol. The van der Waals surface area contributed by atoms with Gasteiger partial charge in [0, 0.05) is 26.2 Å². The number of rotatable bonds is 5. The van der Waals surface area contributed by atoms with E-state index in [0.717, 1.165) is 6.07 Å². The highest BCUT2D eigenvalue weighted by Crippen LogP contribution is 2.31. The first-order chi connectivity index (χ1) is 14.9. The molecule has 0 saturated carbocycles. The lowest BCUT2D eigenvalue weighted by molar-refractivity contribution is 0.155. The SMILES string of the molecule is Cc1ccc([C@H](c2ccccc2)N2CCN(S(=O)(=O)c3cc(F)ccc3C)CC2)cc1. The molecule has 3 aromatic rings. The number of piperazine rings is 1. The Labute approximate surface area is 184 Å². The minimum absolute atomic E-state index is 0.0547. The maximum atomic E-state index is 13.7. The zero-order valence-corrected chi connectivity index (χ0v) is 18.6. The Morgan fingerprint density at radius 2 is 1.42 bits per heavy atom. The highest BCUT2D eigenvalue weighted by Gasteiger charge is 2.33. The van der Waals surface area contributed by atoms with Gasteiger partial charge in [-0.25, -0.2) is 12.8 Å². The molecule has 0 amide bonds. The first kappa shape index (κ1) is 21.7. The molecule has 4 nitrogen and oxygen atoms in total. The van der Waals surface area contributed by atoms with Crippen molar-refractivity contribution in [1.29, 1.82) is 0 Å². The van der Waals surface area contributed by atoms with Crippen LogP contribution in [0.1, 0.15) is 28.3 Å². The van der Waals surface area contributed by atoms with E-state index in [2.05, 4.69) is 48.2 Å². The molecule has 1 fully saturated rings. The standard InChI is InChI=1S/C25H27FN2O2S/c1-19-8-11-22(12-9-19)25(21-6-4-3-5-7-21)27-14-16-28(17-15-27)31(29,30)24-18-23(26)13-10-20(24)2/h3-13,18,25H,14-17H2,1-2H3/t25-/m0/s1. The van der Waals surface area contributed by atoms with Gasteiger partial charge in [0.05, 0.1) is 10.9 Å². The van der Waals surface area contributed by atoms with Gasteiger partial charge in [-0.05, 0) is 42.7 Å². The van der Waals surface area contributed by atoms with Crippen LogP contribution < -0.4 is 0 Å². The lowest BCUT2D eigenvalue weighted by atomic mass is 9.96. The van der Waals surface area contributed by atoms with Crippen LogP contribution >= 0.6 is 0 Å². The Hall–Kier alpha value is -2.54. The Morgan fingerprint density at radius 1 is 0.806 bits per heavy atom. The molecule has 162 valence electrons. The lowest BCUT2D eigenvalue weighted by Gasteiger charge is -2.39. The third-order valence-electron chi connectivity index (χ3n) is 5.91. The number of hydrogen-bond donors (Lipinski definition) is 0. The van der Waals surface area contributed by atoms with Gasteiger partial charge in [0.15, 0.2) is 0 Å². The van der Waals surface area contributed by atoms with E-state index < -0.39 is 15.8 Å². The number of nitrogens with zero attached hydrogens (tertiary/aromatic N) is 2. The van der Waals surface area contributed by atoms with E-state index in [0.29, 0.717) is 31.7 Å². The van der Waals surface area contributed by atoms with Gasteiger partial charge in [0.2, 0.25) is 10.0 Å². The number of benzene rings is 3. The smallest absolute Gasteiger partial charge is 0.243 e. The molecule has 0 aliphatic carbocycles. The summed E-state index contributed by atoms with van der Waals surface area (Å²) in [6.45, 7) is 5.70. The first-order valence-electron chi connectivity index (χ1n) is 10.5. The summed E-state index contributed by atoms with van der Waals surface area (Å²) < 4.78 is 41.5. The van der Waals surface area contributed by atoms with Gasteiger partial charge < -0.3 is 0 Å². The summed E-state index contributed by atoms with van der Waals surface area (Å²) in [5.74, 6) is -0.536. The minimum atomic E-state index is -3.73. The number of aryl methyl sites for hydroxylation is 2. The van der Waals surface area contributed by atoms with Crippen molar-refractivity contribution < 1.29 is 12.8 Å². The van der Waals surface area contributed by atoms with Gasteiger partial charge in [-0.2, -0.15) is 4.31 Å². The summed E-state index contributed by atoms with van der Waals surface area (Å²) >= 11 is 0. The number of hydrogen-bond acceptors (Lipinski definition) is 3. The van der Waals surface area contributed by atoms with Crippen LogP contribution in [0, 0.1) is 19.7 Å². The molecule has 1 saturated heterocycles. The van der Waals surface area contributed by atoms with Gasteiger partial charge in [-0.1, -0.05) is 66.2 Å². The zero-order valence-electron chi connectivity index (χ0n) is 17.8. The van der Waals surface area contributed by atoms with Crippen LogP contribution in [0.25, 0.3) is 0 Å². The molecule has 0 bridgehead atoms. The molecule has 1 heterocycles. The second-order valence-corrected chi connectivity index (χ2v) is 9.98. The topological polar surface area (TPSA) is 40.6 Å². The summed E-state index contributed by atoms with van der Waals surface area (Å²) in [6, 6.07) is 22.8. The molecule has 1 aliphatic rings. The quantitative estimate of drug-likeness (QED) is 0.587. The second-order valence-electron chi connectivity index (χ2n) is 8.07. The highest BCUT2D eigenvalue weighted by atomic mass is 32.2. The molecular weight excluding hydrogens is 411 g/mol. The Bertz CT molecular complexity index is 1140. The molecule has 4 rings (SSSR count). The van der Waals surface area contributed by atoms with E-state index in [-0.39, 0.29) is 10.9 Å². The van der Waals surface area contributed by atoms with Crippen molar-refractivity contribution in [3.8, 4) is 0 Å². The van der Waals surface area contributed by atoms with Crippen LogP contribution in [0.2, 0.25) is 0 Å². The summed E-state index contributed by atoms with van der Waals surface area (Å²) in [6.07, 6.45) is 0. The van der Waals surface area contributed by atoms with Crippen LogP contribution in [-0.2, 0) is 10.0 Å². The van der Waals surface area contributed by atoms with E-state index in [9.17, 15) is 12.8 Å². The molecule has 1 aliphatic heterocycles. The van der Waals surface area contributed by atoms with Gasteiger partial charge >= 0.3 is 0 Å². The monoisotopic (exact) mass is 438 g/mol. The average Bonchev–Trinajstić information content (AvgIpc) is 2.78. The van der Waals surface area contributed by atoms with Crippen molar-refractivity contribution >= 4 is 10.0 Å². The molecule has 0 spiro atoms. The predicted octanol–water partition coefficient (Wildman–Crippen LogP) is 4.54. The van der Waals surface area contributed by atoms with Crippen LogP contribution in [-0.4, -0.2) is 43.8 Å². The van der Waals surface area contributed by atoms with Crippen LogP contribution in [0.3, 0.4) is 0 Å². The average molecular weight is 439 g/mol. The van der Waals surface area contributed by atoms with Gasteiger partial charge in [-0.3, -0.25) is 4.90 Å². The fourth-order valence-electron chi connectivity index (χ4n) is 4.19. The van der Waals surface area contributed by atoms with E-state index in [1.807, 2.05) is 18.2 Å². The van der Waals surface area contributed by atoms with Gasteiger partial charge in [-0.15, -0.1) is 0 Å². The number of sulfonamides is 1. The normalized spacial score (nSPS) is 16.9. The van der Waals surface area contributed by atoms with Crippen molar-refractivity contribution in [1.82, 2.24) is 9.21 Å². The third kappa shape index (κ3) is 4.56. The third-order valence-corrected chi connectivity index (χ3v) is 7.96.